The number of aliphatic hydroxyl groups excluding tert-OH is 1. The molecule has 0 unspecified atom stereocenters. The monoisotopic (exact) mass is 195 g/mol. The van der Waals surface area contributed by atoms with Crippen LogP contribution in [0.3, 0.4) is 0 Å². The lowest BCUT2D eigenvalue weighted by molar-refractivity contribution is 0.264. The summed E-state index contributed by atoms with van der Waals surface area (Å²) in [4.78, 5) is 0. The molecule has 4 nitrogen and oxygen atoms in total. The van der Waals surface area contributed by atoms with Crippen molar-refractivity contribution in [2.45, 2.75) is 38.6 Å². The highest BCUT2D eigenvalue weighted by Gasteiger charge is 2.18. The van der Waals surface area contributed by atoms with E-state index in [1.807, 2.05) is 10.9 Å². The number of rotatable bonds is 5. The number of aromatic nitrogens is 3. The summed E-state index contributed by atoms with van der Waals surface area (Å²) in [5, 5.41) is 16.8. The molecule has 1 fully saturated rings. The normalized spacial score (nSPS) is 16.9. The zero-order valence-corrected chi connectivity index (χ0v) is 8.39. The quantitative estimate of drug-likeness (QED) is 0.762. The Morgan fingerprint density at radius 1 is 1.50 bits per heavy atom. The smallest absolute Gasteiger partial charge is 0.0828 e. The van der Waals surface area contributed by atoms with Crippen molar-refractivity contribution in [3.8, 4) is 0 Å². The van der Waals surface area contributed by atoms with Crippen LogP contribution >= 0.6 is 0 Å². The number of hydrogen-bond acceptors (Lipinski definition) is 3. The largest absolute Gasteiger partial charge is 0.396 e. The molecule has 78 valence electrons. The van der Waals surface area contributed by atoms with E-state index in [-0.39, 0.29) is 6.61 Å². The minimum atomic E-state index is 0.232. The number of hydrogen-bond donors (Lipinski definition) is 1. The molecule has 0 spiro atoms. The van der Waals surface area contributed by atoms with Crippen LogP contribution in [0.15, 0.2) is 6.20 Å². The maximum Gasteiger partial charge on any atom is 0.0828 e. The summed E-state index contributed by atoms with van der Waals surface area (Å²) in [6.45, 7) is 1.25. The predicted octanol–water partition coefficient (Wildman–Crippen LogP) is 1.00. The second-order valence-corrected chi connectivity index (χ2v) is 4.06. The van der Waals surface area contributed by atoms with Crippen molar-refractivity contribution in [3.63, 3.8) is 0 Å². The van der Waals surface area contributed by atoms with Crippen molar-refractivity contribution >= 4 is 0 Å². The van der Waals surface area contributed by atoms with Gasteiger partial charge in [0, 0.05) is 19.3 Å². The second-order valence-electron chi connectivity index (χ2n) is 4.06. The van der Waals surface area contributed by atoms with Crippen LogP contribution in [-0.4, -0.2) is 26.7 Å². The fraction of sp³-hybridized carbons (Fsp3) is 0.800. The maximum absolute atomic E-state index is 8.67. The Bertz CT molecular complexity index is 281. The molecule has 14 heavy (non-hydrogen) atoms. The van der Waals surface area contributed by atoms with Gasteiger partial charge in [-0.15, -0.1) is 5.10 Å². The Kier molecular flexibility index (Phi) is 3.14. The van der Waals surface area contributed by atoms with E-state index >= 15 is 0 Å². The minimum Gasteiger partial charge on any atom is -0.396 e. The summed E-state index contributed by atoms with van der Waals surface area (Å²) in [7, 11) is 0. The minimum absolute atomic E-state index is 0.232. The summed E-state index contributed by atoms with van der Waals surface area (Å²) in [5.74, 6) is 0.822. The molecule has 0 amide bonds. The highest BCUT2D eigenvalue weighted by atomic mass is 16.2. The Hall–Kier alpha value is -0.900. The molecule has 1 aliphatic rings. The molecular weight excluding hydrogens is 178 g/mol. The average molecular weight is 195 g/mol. The van der Waals surface area contributed by atoms with Crippen LogP contribution in [0.25, 0.3) is 0 Å². The van der Waals surface area contributed by atoms with Crippen LogP contribution in [0.4, 0.5) is 0 Å². The van der Waals surface area contributed by atoms with Crippen LogP contribution < -0.4 is 0 Å². The van der Waals surface area contributed by atoms with Gasteiger partial charge >= 0.3 is 0 Å². The fourth-order valence-electron chi connectivity index (χ4n) is 1.74. The first-order valence-electron chi connectivity index (χ1n) is 5.38. The Morgan fingerprint density at radius 2 is 2.36 bits per heavy atom. The molecule has 2 rings (SSSR count). The molecule has 0 aromatic carbocycles. The van der Waals surface area contributed by atoms with E-state index in [9.17, 15) is 0 Å². The van der Waals surface area contributed by atoms with E-state index in [2.05, 4.69) is 10.3 Å². The van der Waals surface area contributed by atoms with Crippen molar-refractivity contribution in [1.29, 1.82) is 0 Å². The Balaban J connectivity index is 1.82. The molecule has 4 heteroatoms. The van der Waals surface area contributed by atoms with Crippen molar-refractivity contribution < 1.29 is 5.11 Å². The van der Waals surface area contributed by atoms with Crippen molar-refractivity contribution in [2.24, 2.45) is 5.92 Å². The molecule has 1 aliphatic carbocycles. The second kappa shape index (κ2) is 4.55. The van der Waals surface area contributed by atoms with E-state index < -0.39 is 0 Å². The average Bonchev–Trinajstić information content (AvgIpc) is 2.56. The van der Waals surface area contributed by atoms with Crippen LogP contribution in [-0.2, 0) is 13.0 Å². The predicted molar refractivity (Wildman–Crippen MR) is 52.8 cm³/mol. The van der Waals surface area contributed by atoms with Gasteiger partial charge < -0.3 is 5.11 Å². The first-order valence-corrected chi connectivity index (χ1v) is 5.38. The van der Waals surface area contributed by atoms with Gasteiger partial charge in [-0.1, -0.05) is 11.6 Å². The highest BCUT2D eigenvalue weighted by molar-refractivity contribution is 4.92. The Labute approximate surface area is 83.9 Å². The van der Waals surface area contributed by atoms with Gasteiger partial charge in [0.1, 0.15) is 0 Å². The van der Waals surface area contributed by atoms with E-state index in [1.165, 1.54) is 19.3 Å². The van der Waals surface area contributed by atoms with E-state index in [0.717, 1.165) is 31.0 Å². The number of aliphatic hydroxyl groups is 1. The molecule has 1 aromatic heterocycles. The lowest BCUT2D eigenvalue weighted by Gasteiger charge is -2.24. The summed E-state index contributed by atoms with van der Waals surface area (Å²) in [5.41, 5.74) is 0.998. The first kappa shape index (κ1) is 9.65. The summed E-state index contributed by atoms with van der Waals surface area (Å²) >= 11 is 0. The van der Waals surface area contributed by atoms with E-state index in [1.54, 1.807) is 0 Å². The Morgan fingerprint density at radius 3 is 3.00 bits per heavy atom. The molecule has 1 N–H and O–H groups in total. The maximum atomic E-state index is 8.67. The molecule has 1 saturated carbocycles. The number of aryl methyl sites for hydroxylation is 1. The summed E-state index contributed by atoms with van der Waals surface area (Å²) in [6, 6.07) is 0. The van der Waals surface area contributed by atoms with Gasteiger partial charge in [-0.05, 0) is 31.6 Å². The van der Waals surface area contributed by atoms with Crippen LogP contribution in [0, 0.1) is 5.92 Å². The number of nitrogens with zero attached hydrogens (tertiary/aromatic N) is 3. The lowest BCUT2D eigenvalue weighted by Crippen LogP contribution is -2.18. The third-order valence-electron chi connectivity index (χ3n) is 2.85. The van der Waals surface area contributed by atoms with Crippen molar-refractivity contribution in [1.82, 2.24) is 15.0 Å². The third kappa shape index (κ3) is 2.32. The van der Waals surface area contributed by atoms with Crippen molar-refractivity contribution in [3.05, 3.63) is 11.9 Å². The molecule has 0 aliphatic heterocycles. The van der Waals surface area contributed by atoms with Gasteiger partial charge in [-0.25, -0.2) is 0 Å². The molecule has 0 radical (unpaired) electrons. The first-order chi connectivity index (χ1) is 6.88. The van der Waals surface area contributed by atoms with Crippen LogP contribution in [0.5, 0.6) is 0 Å². The van der Waals surface area contributed by atoms with Crippen LogP contribution in [0.2, 0.25) is 0 Å². The molecule has 0 atom stereocenters. The third-order valence-corrected chi connectivity index (χ3v) is 2.85. The van der Waals surface area contributed by atoms with Gasteiger partial charge in [0.2, 0.25) is 0 Å². The SMILES string of the molecule is OCCCc1cn(CC2CCC2)nn1. The van der Waals surface area contributed by atoms with E-state index in [4.69, 9.17) is 5.11 Å². The van der Waals surface area contributed by atoms with Crippen molar-refractivity contribution in [2.75, 3.05) is 6.61 Å². The summed E-state index contributed by atoms with van der Waals surface area (Å²) < 4.78 is 1.94. The fourth-order valence-corrected chi connectivity index (χ4v) is 1.74. The van der Waals surface area contributed by atoms with Gasteiger partial charge in [-0.2, -0.15) is 0 Å². The standard InChI is InChI=1S/C10H17N3O/c14-6-2-5-10-8-13(12-11-10)7-9-3-1-4-9/h8-9,14H,1-7H2. The van der Waals surface area contributed by atoms with Crippen LogP contribution in [0.1, 0.15) is 31.4 Å². The zero-order valence-electron chi connectivity index (χ0n) is 8.39. The molecule has 1 heterocycles. The van der Waals surface area contributed by atoms with Gasteiger partial charge in [0.15, 0.2) is 0 Å². The van der Waals surface area contributed by atoms with E-state index in [0.29, 0.717) is 0 Å². The molecular formula is C10H17N3O. The van der Waals surface area contributed by atoms with Gasteiger partial charge in [-0.3, -0.25) is 4.68 Å². The summed E-state index contributed by atoms with van der Waals surface area (Å²) in [6.07, 6.45) is 7.67. The molecule has 0 bridgehead atoms. The van der Waals surface area contributed by atoms with Gasteiger partial charge in [0.25, 0.3) is 0 Å². The molecule has 0 saturated heterocycles. The topological polar surface area (TPSA) is 50.9 Å². The lowest BCUT2D eigenvalue weighted by atomic mass is 9.85. The van der Waals surface area contributed by atoms with Gasteiger partial charge in [0.05, 0.1) is 5.69 Å². The zero-order chi connectivity index (χ0) is 9.80. The molecule has 1 aromatic rings. The highest BCUT2D eigenvalue weighted by Crippen LogP contribution is 2.27.